The van der Waals surface area contributed by atoms with Gasteiger partial charge in [0.15, 0.2) is 11.5 Å². The molecular weight excluding hydrogens is 384 g/mol. The van der Waals surface area contributed by atoms with E-state index in [2.05, 4.69) is 30.0 Å². The second-order valence-electron chi connectivity index (χ2n) is 5.54. The number of rotatable bonds is 5. The maximum Gasteiger partial charge on any atom is 0.266 e. The van der Waals surface area contributed by atoms with E-state index in [-0.39, 0.29) is 17.9 Å². The van der Waals surface area contributed by atoms with Crippen LogP contribution in [0.1, 0.15) is 45.2 Å². The lowest BCUT2D eigenvalue weighted by atomic mass is 9.81. The summed E-state index contributed by atoms with van der Waals surface area (Å²) >= 11 is 0. The normalized spacial score (nSPS) is 17.4. The molecule has 6 heteroatoms. The number of carbonyl (C=O) groups excluding carboxylic acids is 1. The molecule has 162 valence electrons. The van der Waals surface area contributed by atoms with Crippen molar-refractivity contribution in [2.24, 2.45) is 10.7 Å². The van der Waals surface area contributed by atoms with Crippen molar-refractivity contribution < 1.29 is 13.6 Å². The Hall–Kier alpha value is -3.20. The Morgan fingerprint density at radius 1 is 1.30 bits per heavy atom. The summed E-state index contributed by atoms with van der Waals surface area (Å²) in [6.07, 6.45) is 4.57. The summed E-state index contributed by atoms with van der Waals surface area (Å²) in [5, 5.41) is 0. The monoisotopic (exact) mass is 415 g/mol. The highest BCUT2D eigenvalue weighted by Crippen LogP contribution is 2.40. The minimum atomic E-state index is -1.50. The third-order valence-corrected chi connectivity index (χ3v) is 4.00. The molecule has 0 saturated carbocycles. The van der Waals surface area contributed by atoms with Gasteiger partial charge < -0.3 is 5.73 Å². The van der Waals surface area contributed by atoms with Gasteiger partial charge >= 0.3 is 0 Å². The molecule has 0 spiro atoms. The maximum absolute atomic E-state index is 14.1. The molecule has 1 heterocycles. The van der Waals surface area contributed by atoms with Crippen molar-refractivity contribution in [3.8, 4) is 11.8 Å². The number of halogens is 2. The first-order chi connectivity index (χ1) is 14.4. The fourth-order valence-electron chi connectivity index (χ4n) is 2.70. The van der Waals surface area contributed by atoms with E-state index in [1.807, 2.05) is 27.7 Å². The summed E-state index contributed by atoms with van der Waals surface area (Å²) in [5.41, 5.74) is 5.24. The van der Waals surface area contributed by atoms with Crippen LogP contribution in [0.15, 0.2) is 60.2 Å². The standard InChI is InChI=1S/C20H19F2N3O.2C2H6/c1-4-8-15(5-2)20(18(26)25(3)19(23)24-20)16-10-11-17(22)14(13-16)9-6-7-12-21;2*1-2/h4-5,8,10-11,13H,1-2,7,12H2,3H3,(H2,23,24);2*1-2H3/b15-8+;;. The zero-order valence-corrected chi connectivity index (χ0v) is 18.4. The van der Waals surface area contributed by atoms with Gasteiger partial charge in [0.25, 0.3) is 5.91 Å². The van der Waals surface area contributed by atoms with Crippen LogP contribution in [0.25, 0.3) is 0 Å². The Morgan fingerprint density at radius 3 is 2.40 bits per heavy atom. The molecule has 2 rings (SSSR count). The van der Waals surface area contributed by atoms with Crippen LogP contribution in [0.2, 0.25) is 0 Å². The molecule has 0 aliphatic carbocycles. The van der Waals surface area contributed by atoms with Crippen molar-refractivity contribution in [1.29, 1.82) is 0 Å². The maximum atomic E-state index is 14.1. The van der Waals surface area contributed by atoms with Crippen LogP contribution in [-0.2, 0) is 10.3 Å². The third-order valence-electron chi connectivity index (χ3n) is 4.00. The first kappa shape index (κ1) is 26.8. The molecule has 0 aromatic heterocycles. The molecule has 0 fully saturated rings. The van der Waals surface area contributed by atoms with Crippen molar-refractivity contribution in [1.82, 2.24) is 4.90 Å². The summed E-state index contributed by atoms with van der Waals surface area (Å²) in [6.45, 7) is 14.8. The first-order valence-corrected chi connectivity index (χ1v) is 9.86. The largest absolute Gasteiger partial charge is 0.369 e. The summed E-state index contributed by atoms with van der Waals surface area (Å²) in [5.74, 6) is 4.19. The van der Waals surface area contributed by atoms with Crippen molar-refractivity contribution in [3.05, 3.63) is 72.1 Å². The molecule has 0 saturated heterocycles. The quantitative estimate of drug-likeness (QED) is 0.551. The topological polar surface area (TPSA) is 58.7 Å². The number of guanidine groups is 1. The number of hydrogen-bond acceptors (Lipinski definition) is 3. The lowest BCUT2D eigenvalue weighted by molar-refractivity contribution is -0.129. The highest BCUT2D eigenvalue weighted by atomic mass is 19.1. The predicted molar refractivity (Wildman–Crippen MR) is 121 cm³/mol. The number of aliphatic imine (C=N–C) groups is 1. The van der Waals surface area contributed by atoms with Crippen LogP contribution in [-0.4, -0.2) is 30.5 Å². The fraction of sp³-hybridized carbons (Fsp3) is 0.333. The number of nitrogens with two attached hydrogens (primary N) is 1. The van der Waals surface area contributed by atoms with E-state index in [1.165, 1.54) is 42.3 Å². The lowest BCUT2D eigenvalue weighted by Crippen LogP contribution is -2.41. The lowest BCUT2D eigenvalue weighted by Gasteiger charge is -2.27. The Balaban J connectivity index is 0.00000198. The molecule has 1 aliphatic rings. The van der Waals surface area contributed by atoms with Gasteiger partial charge in [0.1, 0.15) is 12.5 Å². The molecule has 1 aromatic rings. The van der Waals surface area contributed by atoms with E-state index < -0.39 is 23.9 Å². The molecule has 1 unspecified atom stereocenters. The molecule has 4 nitrogen and oxygen atoms in total. The van der Waals surface area contributed by atoms with Gasteiger partial charge in [-0.15, -0.1) is 0 Å². The number of amides is 1. The van der Waals surface area contributed by atoms with E-state index in [0.29, 0.717) is 11.1 Å². The number of hydrogen-bond donors (Lipinski definition) is 1. The number of alkyl halides is 1. The van der Waals surface area contributed by atoms with Crippen LogP contribution >= 0.6 is 0 Å². The van der Waals surface area contributed by atoms with Gasteiger partial charge in [-0.25, -0.2) is 9.38 Å². The van der Waals surface area contributed by atoms with E-state index in [4.69, 9.17) is 5.73 Å². The SMILES string of the molecule is C=C/C=C(\C=C)C1(c2ccc(F)c(C#CCCF)c2)N=C(N)N(C)C1=O.CC.CC. The number of carbonyl (C=O) groups is 1. The molecular formula is C24H31F2N3O. The highest BCUT2D eigenvalue weighted by Gasteiger charge is 2.50. The average molecular weight is 416 g/mol. The Bertz CT molecular complexity index is 878. The average Bonchev–Trinajstić information content (AvgIpc) is 3.01. The molecule has 1 aromatic carbocycles. The van der Waals surface area contributed by atoms with Gasteiger partial charge in [-0.05, 0) is 23.3 Å². The zero-order valence-electron chi connectivity index (χ0n) is 18.4. The van der Waals surface area contributed by atoms with Gasteiger partial charge in [-0.2, -0.15) is 0 Å². The number of likely N-dealkylation sites (N-methyl/N-ethyl adjacent to an activating group) is 1. The van der Waals surface area contributed by atoms with E-state index >= 15 is 0 Å². The van der Waals surface area contributed by atoms with Crippen LogP contribution in [0, 0.1) is 17.7 Å². The molecule has 1 amide bonds. The number of nitrogens with zero attached hydrogens (tertiary/aromatic N) is 2. The Morgan fingerprint density at radius 2 is 1.93 bits per heavy atom. The van der Waals surface area contributed by atoms with Crippen LogP contribution in [0.4, 0.5) is 8.78 Å². The summed E-state index contributed by atoms with van der Waals surface area (Å²) in [4.78, 5) is 18.6. The van der Waals surface area contributed by atoms with Crippen molar-refractivity contribution in [2.45, 2.75) is 39.7 Å². The smallest absolute Gasteiger partial charge is 0.266 e. The molecule has 1 atom stereocenters. The summed E-state index contributed by atoms with van der Waals surface area (Å²) in [7, 11) is 1.50. The minimum absolute atomic E-state index is 0.00411. The van der Waals surface area contributed by atoms with Crippen LogP contribution in [0.3, 0.4) is 0 Å². The molecule has 1 aliphatic heterocycles. The molecule has 0 radical (unpaired) electrons. The predicted octanol–water partition coefficient (Wildman–Crippen LogP) is 4.87. The van der Waals surface area contributed by atoms with Gasteiger partial charge in [0.05, 0.1) is 5.56 Å². The van der Waals surface area contributed by atoms with E-state index in [9.17, 15) is 13.6 Å². The van der Waals surface area contributed by atoms with Gasteiger partial charge in [0, 0.05) is 13.5 Å². The Kier molecular flexibility index (Phi) is 11.7. The van der Waals surface area contributed by atoms with Gasteiger partial charge in [-0.3, -0.25) is 14.1 Å². The van der Waals surface area contributed by atoms with Crippen molar-refractivity contribution in [2.75, 3.05) is 13.7 Å². The second-order valence-corrected chi connectivity index (χ2v) is 5.54. The molecule has 0 bridgehead atoms. The minimum Gasteiger partial charge on any atom is -0.369 e. The van der Waals surface area contributed by atoms with E-state index in [1.54, 1.807) is 6.08 Å². The highest BCUT2D eigenvalue weighted by molar-refractivity contribution is 6.09. The fourth-order valence-corrected chi connectivity index (χ4v) is 2.70. The second kappa shape index (κ2) is 13.1. The summed E-state index contributed by atoms with van der Waals surface area (Å²) < 4.78 is 26.3. The van der Waals surface area contributed by atoms with Crippen molar-refractivity contribution >= 4 is 11.9 Å². The molecule has 2 N–H and O–H groups in total. The van der Waals surface area contributed by atoms with Crippen molar-refractivity contribution in [3.63, 3.8) is 0 Å². The van der Waals surface area contributed by atoms with E-state index in [0.717, 1.165) is 0 Å². The zero-order chi connectivity index (χ0) is 23.3. The van der Waals surface area contributed by atoms with Crippen LogP contribution < -0.4 is 5.73 Å². The number of benzene rings is 1. The Labute approximate surface area is 178 Å². The summed E-state index contributed by atoms with van der Waals surface area (Å²) in [6, 6.07) is 4.07. The van der Waals surface area contributed by atoms with Gasteiger partial charge in [-0.1, -0.05) is 77.0 Å². The van der Waals surface area contributed by atoms with Crippen LogP contribution in [0.5, 0.6) is 0 Å². The van der Waals surface area contributed by atoms with Gasteiger partial charge in [0.2, 0.25) is 0 Å². The molecule has 30 heavy (non-hydrogen) atoms. The third kappa shape index (κ3) is 5.44. The number of allylic oxidation sites excluding steroid dienone is 2. The first-order valence-electron chi connectivity index (χ1n) is 9.86.